The van der Waals surface area contributed by atoms with E-state index >= 15 is 0 Å². The molecule has 2 unspecified atom stereocenters. The average Bonchev–Trinajstić information content (AvgIpc) is 2.37. The van der Waals surface area contributed by atoms with E-state index in [0.717, 1.165) is 12.3 Å². The summed E-state index contributed by atoms with van der Waals surface area (Å²) in [5.74, 6) is 2.08. The van der Waals surface area contributed by atoms with Crippen LogP contribution in [0.4, 0.5) is 0 Å². The van der Waals surface area contributed by atoms with Crippen LogP contribution in [0.3, 0.4) is 0 Å². The van der Waals surface area contributed by atoms with E-state index in [-0.39, 0.29) is 11.9 Å². The summed E-state index contributed by atoms with van der Waals surface area (Å²) in [5.41, 5.74) is 0.942. The molecule has 0 aliphatic heterocycles. The number of hydrogen-bond donors (Lipinski definition) is 1. The van der Waals surface area contributed by atoms with Crippen molar-refractivity contribution in [2.24, 2.45) is 23.2 Å². The monoisotopic (exact) mass is 291 g/mol. The summed E-state index contributed by atoms with van der Waals surface area (Å²) in [5, 5.41) is 3.75. The maximum Gasteiger partial charge on any atom is 0.253 e. The van der Waals surface area contributed by atoms with Crippen molar-refractivity contribution in [2.75, 3.05) is 0 Å². The second-order valence-electron chi connectivity index (χ2n) is 7.04. The van der Waals surface area contributed by atoms with Crippen molar-refractivity contribution in [3.05, 3.63) is 34.9 Å². The highest BCUT2D eigenvalue weighted by Crippen LogP contribution is 2.61. The zero-order valence-corrected chi connectivity index (χ0v) is 13.1. The number of nitrogens with one attached hydrogen (secondary N) is 1. The smallest absolute Gasteiger partial charge is 0.253 e. The third kappa shape index (κ3) is 2.05. The van der Waals surface area contributed by atoms with Gasteiger partial charge in [0.15, 0.2) is 0 Å². The Morgan fingerprint density at radius 3 is 2.55 bits per heavy atom. The number of rotatable bonds is 2. The molecule has 2 bridgehead atoms. The molecule has 0 aromatic heterocycles. The summed E-state index contributed by atoms with van der Waals surface area (Å²) < 4.78 is 0. The van der Waals surface area contributed by atoms with Crippen LogP contribution in [-0.2, 0) is 0 Å². The molecule has 3 heteroatoms. The summed E-state index contributed by atoms with van der Waals surface area (Å²) in [6, 6.07) is 7.55. The topological polar surface area (TPSA) is 29.1 Å². The highest BCUT2D eigenvalue weighted by Gasteiger charge is 2.57. The Bertz CT molecular complexity index is 540. The van der Waals surface area contributed by atoms with Crippen molar-refractivity contribution in [2.45, 2.75) is 39.7 Å². The summed E-state index contributed by atoms with van der Waals surface area (Å²) in [6.45, 7) is 7.00. The lowest BCUT2D eigenvalue weighted by Gasteiger charge is -2.62. The lowest BCUT2D eigenvalue weighted by atomic mass is 9.44. The van der Waals surface area contributed by atoms with Gasteiger partial charge in [0.25, 0.3) is 5.91 Å². The molecule has 1 amide bonds. The normalized spacial score (nSPS) is 34.2. The Labute approximate surface area is 125 Å². The van der Waals surface area contributed by atoms with E-state index in [0.29, 0.717) is 27.8 Å². The van der Waals surface area contributed by atoms with Crippen LogP contribution in [0.25, 0.3) is 0 Å². The van der Waals surface area contributed by atoms with Gasteiger partial charge >= 0.3 is 0 Å². The molecule has 3 saturated carbocycles. The number of halogens is 1. The molecular formula is C17H22ClNO. The molecule has 3 aliphatic rings. The summed E-state index contributed by atoms with van der Waals surface area (Å²) in [4.78, 5) is 12.4. The first-order valence-corrected chi connectivity index (χ1v) is 7.84. The van der Waals surface area contributed by atoms with Gasteiger partial charge in [-0.2, -0.15) is 0 Å². The van der Waals surface area contributed by atoms with Gasteiger partial charge in [-0.25, -0.2) is 0 Å². The Morgan fingerprint density at radius 2 is 1.95 bits per heavy atom. The van der Waals surface area contributed by atoms with Crippen LogP contribution in [0.15, 0.2) is 24.3 Å². The standard InChI is InChI=1S/C17H22ClNO/c1-10-8-15(13-9-12(10)17(13,2)3)19-16(20)11-6-4-5-7-14(11)18/h4-7,10,12-13,15H,8-9H2,1-3H3,(H,19,20)/t10?,12-,13+,15?/m0/s1. The zero-order valence-electron chi connectivity index (χ0n) is 12.3. The van der Waals surface area contributed by atoms with Gasteiger partial charge in [0.1, 0.15) is 0 Å². The van der Waals surface area contributed by atoms with Crippen molar-refractivity contribution in [3.8, 4) is 0 Å². The van der Waals surface area contributed by atoms with Gasteiger partial charge in [-0.3, -0.25) is 4.79 Å². The van der Waals surface area contributed by atoms with E-state index in [1.807, 2.05) is 12.1 Å². The minimum atomic E-state index is -0.0334. The Morgan fingerprint density at radius 1 is 1.25 bits per heavy atom. The number of carbonyl (C=O) groups is 1. The van der Waals surface area contributed by atoms with Gasteiger partial charge in [-0.1, -0.05) is 44.5 Å². The molecule has 4 atom stereocenters. The molecule has 4 rings (SSSR count). The van der Waals surface area contributed by atoms with Crippen molar-refractivity contribution < 1.29 is 4.79 Å². The van der Waals surface area contributed by atoms with Gasteiger partial charge in [0.2, 0.25) is 0 Å². The largest absolute Gasteiger partial charge is 0.349 e. The molecule has 1 aromatic rings. The van der Waals surface area contributed by atoms with E-state index in [9.17, 15) is 4.79 Å². The first-order chi connectivity index (χ1) is 9.41. The fraction of sp³-hybridized carbons (Fsp3) is 0.588. The van der Waals surface area contributed by atoms with Crippen molar-refractivity contribution >= 4 is 17.5 Å². The Kier molecular flexibility index (Phi) is 3.32. The van der Waals surface area contributed by atoms with Crippen LogP contribution < -0.4 is 5.32 Å². The molecule has 1 aromatic carbocycles. The third-order valence-corrected chi connectivity index (χ3v) is 5.98. The first kappa shape index (κ1) is 13.9. The quantitative estimate of drug-likeness (QED) is 0.872. The maximum absolute atomic E-state index is 12.4. The van der Waals surface area contributed by atoms with Gasteiger partial charge in [0.05, 0.1) is 10.6 Å². The molecule has 108 valence electrons. The van der Waals surface area contributed by atoms with Crippen LogP contribution in [-0.4, -0.2) is 11.9 Å². The highest BCUT2D eigenvalue weighted by atomic mass is 35.5. The van der Waals surface area contributed by atoms with Gasteiger partial charge in [-0.05, 0) is 48.1 Å². The molecule has 0 heterocycles. The lowest BCUT2D eigenvalue weighted by molar-refractivity contribution is -0.117. The van der Waals surface area contributed by atoms with Gasteiger partial charge in [0, 0.05) is 6.04 Å². The number of hydrogen-bond acceptors (Lipinski definition) is 1. The van der Waals surface area contributed by atoms with Crippen LogP contribution in [0, 0.1) is 23.2 Å². The predicted octanol–water partition coefficient (Wildman–Crippen LogP) is 4.14. The molecule has 20 heavy (non-hydrogen) atoms. The predicted molar refractivity (Wildman–Crippen MR) is 81.9 cm³/mol. The zero-order chi connectivity index (χ0) is 14.5. The summed E-state index contributed by atoms with van der Waals surface area (Å²) >= 11 is 6.11. The fourth-order valence-electron chi connectivity index (χ4n) is 4.42. The summed E-state index contributed by atoms with van der Waals surface area (Å²) in [7, 11) is 0. The van der Waals surface area contributed by atoms with Crippen LogP contribution in [0.5, 0.6) is 0 Å². The van der Waals surface area contributed by atoms with Gasteiger partial charge in [-0.15, -0.1) is 0 Å². The van der Waals surface area contributed by atoms with Crippen molar-refractivity contribution in [1.82, 2.24) is 5.32 Å². The van der Waals surface area contributed by atoms with Crippen LogP contribution in [0.2, 0.25) is 5.02 Å². The maximum atomic E-state index is 12.4. The Hall–Kier alpha value is -1.02. The first-order valence-electron chi connectivity index (χ1n) is 7.46. The molecular weight excluding hydrogens is 270 g/mol. The fourth-order valence-corrected chi connectivity index (χ4v) is 4.65. The SMILES string of the molecule is CC1CC(NC(=O)c2ccccc2Cl)[C@H]2C[C@@H]1C2(C)C. The third-order valence-electron chi connectivity index (χ3n) is 5.65. The molecule has 0 spiro atoms. The van der Waals surface area contributed by atoms with Gasteiger partial charge < -0.3 is 5.32 Å². The molecule has 0 radical (unpaired) electrons. The van der Waals surface area contributed by atoms with Crippen molar-refractivity contribution in [3.63, 3.8) is 0 Å². The van der Waals surface area contributed by atoms with E-state index < -0.39 is 0 Å². The summed E-state index contributed by atoms with van der Waals surface area (Å²) in [6.07, 6.45) is 2.34. The van der Waals surface area contributed by atoms with E-state index in [4.69, 9.17) is 11.6 Å². The van der Waals surface area contributed by atoms with E-state index in [1.165, 1.54) is 6.42 Å². The number of fused-ring (bicyclic) bond motifs is 2. The number of benzene rings is 1. The van der Waals surface area contributed by atoms with Crippen LogP contribution in [0.1, 0.15) is 44.0 Å². The van der Waals surface area contributed by atoms with Crippen molar-refractivity contribution in [1.29, 1.82) is 0 Å². The average molecular weight is 292 g/mol. The molecule has 2 nitrogen and oxygen atoms in total. The second-order valence-corrected chi connectivity index (χ2v) is 7.45. The lowest BCUT2D eigenvalue weighted by Crippen LogP contribution is -2.62. The molecule has 3 aliphatic carbocycles. The number of amides is 1. The molecule has 1 N–H and O–H groups in total. The second kappa shape index (κ2) is 4.77. The Balaban J connectivity index is 1.75. The molecule has 3 fully saturated rings. The highest BCUT2D eigenvalue weighted by molar-refractivity contribution is 6.33. The van der Waals surface area contributed by atoms with E-state index in [1.54, 1.807) is 12.1 Å². The minimum Gasteiger partial charge on any atom is -0.349 e. The molecule has 0 saturated heterocycles. The van der Waals surface area contributed by atoms with E-state index in [2.05, 4.69) is 26.1 Å². The minimum absolute atomic E-state index is 0.0334. The number of carbonyl (C=O) groups excluding carboxylic acids is 1. The van der Waals surface area contributed by atoms with Crippen LogP contribution >= 0.6 is 11.6 Å².